The van der Waals surface area contributed by atoms with E-state index in [1.165, 1.54) is 24.0 Å². The Balaban J connectivity index is 1.82. The van der Waals surface area contributed by atoms with Crippen molar-refractivity contribution in [2.75, 3.05) is 0 Å². The van der Waals surface area contributed by atoms with Gasteiger partial charge in [-0.3, -0.25) is 4.79 Å². The van der Waals surface area contributed by atoms with Crippen molar-refractivity contribution in [1.29, 1.82) is 0 Å². The molecule has 0 atom stereocenters. The van der Waals surface area contributed by atoms with Crippen molar-refractivity contribution < 1.29 is 9.36 Å². The minimum Gasteiger partial charge on any atom is -0.287 e. The Bertz CT molecular complexity index is 646. The molecule has 2 aromatic rings. The number of ketones is 1. The van der Waals surface area contributed by atoms with Crippen molar-refractivity contribution >= 4 is 5.78 Å². The minimum atomic E-state index is 0.192. The highest BCUT2D eigenvalue weighted by atomic mass is 16.1. The number of carbonyl (C=O) groups excluding carboxylic acids is 1. The maximum Gasteiger partial charge on any atom is 0.227 e. The number of pyridine rings is 1. The molecule has 0 unspecified atom stereocenters. The zero-order valence-corrected chi connectivity index (χ0v) is 11.9. The molecular formula is C18H20NO+. The molecule has 2 nitrogen and oxygen atoms in total. The Morgan fingerprint density at radius 1 is 1.10 bits per heavy atom. The van der Waals surface area contributed by atoms with Gasteiger partial charge in [0.05, 0.1) is 0 Å². The third-order valence-corrected chi connectivity index (χ3v) is 4.15. The number of carbonyl (C=O) groups is 1. The molecular weight excluding hydrogens is 246 g/mol. The number of rotatable bonds is 3. The van der Waals surface area contributed by atoms with Crippen molar-refractivity contribution in [3.8, 4) is 0 Å². The SMILES string of the molecule is Cc1cccc[n+]1CC(=O)c1ccc2c(c1)CCCC2. The molecule has 0 amide bonds. The molecule has 0 bridgehead atoms. The van der Waals surface area contributed by atoms with Crippen LogP contribution in [0.15, 0.2) is 42.6 Å². The number of hydrogen-bond acceptors (Lipinski definition) is 1. The van der Waals surface area contributed by atoms with Crippen LogP contribution in [0.25, 0.3) is 0 Å². The maximum absolute atomic E-state index is 12.4. The molecule has 3 rings (SSSR count). The predicted molar refractivity (Wildman–Crippen MR) is 78.8 cm³/mol. The van der Waals surface area contributed by atoms with Crippen LogP contribution in [0.3, 0.4) is 0 Å². The highest BCUT2D eigenvalue weighted by Crippen LogP contribution is 2.22. The van der Waals surface area contributed by atoms with Gasteiger partial charge in [0.2, 0.25) is 12.3 Å². The predicted octanol–water partition coefficient (Wildman–Crippen LogP) is 3.04. The van der Waals surface area contributed by atoms with E-state index in [1.54, 1.807) is 0 Å². The molecule has 1 aromatic heterocycles. The van der Waals surface area contributed by atoms with E-state index in [-0.39, 0.29) is 5.78 Å². The van der Waals surface area contributed by atoms with Crippen molar-refractivity contribution in [2.45, 2.75) is 39.2 Å². The summed E-state index contributed by atoms with van der Waals surface area (Å²) in [5.74, 6) is 0.192. The Kier molecular flexibility index (Phi) is 3.64. The summed E-state index contributed by atoms with van der Waals surface area (Å²) < 4.78 is 2.00. The third-order valence-electron chi connectivity index (χ3n) is 4.15. The number of fused-ring (bicyclic) bond motifs is 1. The fraction of sp³-hybridized carbons (Fsp3) is 0.333. The van der Waals surface area contributed by atoms with Crippen molar-refractivity contribution in [1.82, 2.24) is 0 Å². The molecule has 1 aliphatic carbocycles. The largest absolute Gasteiger partial charge is 0.287 e. The lowest BCUT2D eigenvalue weighted by Gasteiger charge is -2.15. The molecule has 0 fully saturated rings. The van der Waals surface area contributed by atoms with Crippen molar-refractivity contribution in [3.05, 3.63) is 65.0 Å². The van der Waals surface area contributed by atoms with Gasteiger partial charge in [-0.1, -0.05) is 18.2 Å². The zero-order chi connectivity index (χ0) is 13.9. The Labute approximate surface area is 120 Å². The lowest BCUT2D eigenvalue weighted by Crippen LogP contribution is -2.40. The average molecular weight is 266 g/mol. The molecule has 0 spiro atoms. The minimum absolute atomic E-state index is 0.192. The van der Waals surface area contributed by atoms with E-state index in [0.29, 0.717) is 6.54 Å². The number of aryl methyl sites for hydroxylation is 3. The van der Waals surface area contributed by atoms with Crippen LogP contribution in [0.1, 0.15) is 40.0 Å². The van der Waals surface area contributed by atoms with Crippen LogP contribution < -0.4 is 4.57 Å². The van der Waals surface area contributed by atoms with Crippen molar-refractivity contribution in [3.63, 3.8) is 0 Å². The summed E-state index contributed by atoms with van der Waals surface area (Å²) in [6, 6.07) is 12.2. The van der Waals surface area contributed by atoms with Crippen LogP contribution in [0.4, 0.5) is 0 Å². The van der Waals surface area contributed by atoms with E-state index < -0.39 is 0 Å². The second kappa shape index (κ2) is 5.58. The summed E-state index contributed by atoms with van der Waals surface area (Å²) in [6.45, 7) is 2.45. The normalized spacial score (nSPS) is 13.8. The second-order valence-corrected chi connectivity index (χ2v) is 5.58. The first kappa shape index (κ1) is 13.0. The molecule has 102 valence electrons. The van der Waals surface area contributed by atoms with Crippen LogP contribution in [-0.4, -0.2) is 5.78 Å². The molecule has 20 heavy (non-hydrogen) atoms. The molecule has 2 heteroatoms. The molecule has 0 saturated carbocycles. The average Bonchev–Trinajstić information content (AvgIpc) is 2.49. The van der Waals surface area contributed by atoms with E-state index in [0.717, 1.165) is 24.1 Å². The summed E-state index contributed by atoms with van der Waals surface area (Å²) in [4.78, 5) is 12.4. The van der Waals surface area contributed by atoms with Gasteiger partial charge in [-0.05, 0) is 42.9 Å². The highest BCUT2D eigenvalue weighted by Gasteiger charge is 2.16. The number of aromatic nitrogens is 1. The summed E-state index contributed by atoms with van der Waals surface area (Å²) in [5.41, 5.74) is 4.76. The number of benzene rings is 1. The fourth-order valence-corrected chi connectivity index (χ4v) is 2.89. The zero-order valence-electron chi connectivity index (χ0n) is 11.9. The number of hydrogen-bond donors (Lipinski definition) is 0. The van der Waals surface area contributed by atoms with Crippen LogP contribution in [-0.2, 0) is 19.4 Å². The Morgan fingerprint density at radius 3 is 2.70 bits per heavy atom. The Morgan fingerprint density at radius 2 is 1.90 bits per heavy atom. The molecule has 0 aliphatic heterocycles. The van der Waals surface area contributed by atoms with Gasteiger partial charge < -0.3 is 0 Å². The van der Waals surface area contributed by atoms with Crippen LogP contribution in [0.5, 0.6) is 0 Å². The molecule has 1 aliphatic rings. The number of Topliss-reactive ketones (excluding diaryl/α,β-unsaturated/α-hetero) is 1. The van der Waals surface area contributed by atoms with E-state index in [1.807, 2.05) is 42.0 Å². The van der Waals surface area contributed by atoms with Crippen LogP contribution in [0.2, 0.25) is 0 Å². The number of nitrogens with zero attached hydrogens (tertiary/aromatic N) is 1. The van der Waals surface area contributed by atoms with Gasteiger partial charge >= 0.3 is 0 Å². The quantitative estimate of drug-likeness (QED) is 0.618. The smallest absolute Gasteiger partial charge is 0.227 e. The molecule has 0 radical (unpaired) electrons. The summed E-state index contributed by atoms with van der Waals surface area (Å²) in [7, 11) is 0. The van der Waals surface area contributed by atoms with Gasteiger partial charge in [-0.25, -0.2) is 0 Å². The monoisotopic (exact) mass is 266 g/mol. The van der Waals surface area contributed by atoms with Gasteiger partial charge in [0.25, 0.3) is 0 Å². The van der Waals surface area contributed by atoms with Gasteiger partial charge in [0, 0.05) is 24.6 Å². The van der Waals surface area contributed by atoms with E-state index in [4.69, 9.17) is 0 Å². The maximum atomic E-state index is 12.4. The Hall–Kier alpha value is -1.96. The molecule has 0 saturated heterocycles. The summed E-state index contributed by atoms with van der Waals surface area (Å²) in [5, 5.41) is 0. The second-order valence-electron chi connectivity index (χ2n) is 5.58. The third kappa shape index (κ3) is 2.64. The van der Waals surface area contributed by atoms with Gasteiger partial charge in [-0.2, -0.15) is 4.57 Å². The van der Waals surface area contributed by atoms with Crippen LogP contribution >= 0.6 is 0 Å². The van der Waals surface area contributed by atoms with Gasteiger partial charge in [0.1, 0.15) is 0 Å². The fourth-order valence-electron chi connectivity index (χ4n) is 2.89. The molecule has 0 N–H and O–H groups in total. The van der Waals surface area contributed by atoms with E-state index in [9.17, 15) is 4.79 Å². The first-order chi connectivity index (χ1) is 9.74. The topological polar surface area (TPSA) is 20.9 Å². The van der Waals surface area contributed by atoms with Crippen molar-refractivity contribution in [2.24, 2.45) is 0 Å². The van der Waals surface area contributed by atoms with Gasteiger partial charge in [0.15, 0.2) is 11.9 Å². The first-order valence-corrected chi connectivity index (χ1v) is 7.34. The molecule has 1 aromatic carbocycles. The van der Waals surface area contributed by atoms with E-state index >= 15 is 0 Å². The summed E-state index contributed by atoms with van der Waals surface area (Å²) in [6.07, 6.45) is 6.77. The van der Waals surface area contributed by atoms with Gasteiger partial charge in [-0.15, -0.1) is 0 Å². The first-order valence-electron chi connectivity index (χ1n) is 7.34. The summed E-state index contributed by atoms with van der Waals surface area (Å²) >= 11 is 0. The molecule has 1 heterocycles. The highest BCUT2D eigenvalue weighted by molar-refractivity contribution is 5.95. The standard InChI is InChI=1S/C18H20NO/c1-14-6-4-5-11-19(14)13-18(20)17-10-9-15-7-2-3-8-16(15)12-17/h4-6,9-12H,2-3,7-8,13H2,1H3/q+1. The lowest BCUT2D eigenvalue weighted by atomic mass is 9.90. The lowest BCUT2D eigenvalue weighted by molar-refractivity contribution is -0.689. The van der Waals surface area contributed by atoms with Crippen LogP contribution in [0, 0.1) is 6.92 Å². The van der Waals surface area contributed by atoms with E-state index in [2.05, 4.69) is 12.1 Å².